The summed E-state index contributed by atoms with van der Waals surface area (Å²) < 4.78 is 10.8. The summed E-state index contributed by atoms with van der Waals surface area (Å²) in [7, 11) is 0. The number of aryl methyl sites for hydroxylation is 1. The molecule has 0 saturated heterocycles. The minimum Gasteiger partial charge on any atom is -0.408 e. The number of halogens is 1. The second kappa shape index (κ2) is 6.06. The van der Waals surface area contributed by atoms with Crippen LogP contribution in [0.5, 0.6) is 0 Å². The van der Waals surface area contributed by atoms with E-state index in [1.54, 1.807) is 0 Å². The molecule has 1 aromatic rings. The van der Waals surface area contributed by atoms with Crippen molar-refractivity contribution in [3.8, 4) is 0 Å². The van der Waals surface area contributed by atoms with Crippen molar-refractivity contribution in [2.75, 3.05) is 31.0 Å². The van der Waals surface area contributed by atoms with Gasteiger partial charge in [-0.15, -0.1) is 16.7 Å². The molecule has 0 spiro atoms. The highest BCUT2D eigenvalue weighted by molar-refractivity contribution is 6.17. The number of nitrogens with zero attached hydrogens (tertiary/aromatic N) is 2. The lowest BCUT2D eigenvalue weighted by Gasteiger charge is -2.02. The minimum atomic E-state index is 0.440. The van der Waals surface area contributed by atoms with Crippen LogP contribution in [0.25, 0.3) is 0 Å². The molecule has 0 radical (unpaired) electrons. The van der Waals surface area contributed by atoms with Crippen molar-refractivity contribution >= 4 is 17.6 Å². The first-order chi connectivity index (χ1) is 7.88. The van der Waals surface area contributed by atoms with Crippen LogP contribution in [0.1, 0.15) is 18.7 Å². The largest absolute Gasteiger partial charge is 0.408 e. The molecule has 2 rings (SSSR count). The molecule has 0 aliphatic heterocycles. The first kappa shape index (κ1) is 11.7. The fourth-order valence-corrected chi connectivity index (χ4v) is 1.43. The topological polar surface area (TPSA) is 60.2 Å². The van der Waals surface area contributed by atoms with E-state index in [0.717, 1.165) is 12.5 Å². The van der Waals surface area contributed by atoms with E-state index >= 15 is 0 Å². The quantitative estimate of drug-likeness (QED) is 0.558. The Morgan fingerprint density at radius 3 is 3.06 bits per heavy atom. The molecular weight excluding hydrogens is 230 g/mol. The van der Waals surface area contributed by atoms with E-state index in [1.807, 2.05) is 0 Å². The molecule has 0 aromatic carbocycles. The summed E-state index contributed by atoms with van der Waals surface area (Å²) in [6.07, 6.45) is 3.24. The van der Waals surface area contributed by atoms with E-state index in [4.69, 9.17) is 20.8 Å². The second-order valence-corrected chi connectivity index (χ2v) is 4.26. The number of rotatable bonds is 8. The van der Waals surface area contributed by atoms with Crippen LogP contribution in [0, 0.1) is 5.92 Å². The van der Waals surface area contributed by atoms with Crippen molar-refractivity contribution in [3.63, 3.8) is 0 Å². The number of hydrogen-bond donors (Lipinski definition) is 1. The van der Waals surface area contributed by atoms with Crippen molar-refractivity contribution in [1.82, 2.24) is 10.2 Å². The summed E-state index contributed by atoms with van der Waals surface area (Å²) in [6.45, 7) is 2.24. The molecule has 1 fully saturated rings. The molecule has 90 valence electrons. The molecule has 1 heterocycles. The fraction of sp³-hybridized carbons (Fsp3) is 0.800. The van der Waals surface area contributed by atoms with Crippen LogP contribution in [0.15, 0.2) is 4.42 Å². The molecule has 1 saturated carbocycles. The van der Waals surface area contributed by atoms with Crippen LogP contribution in [0.3, 0.4) is 0 Å². The van der Waals surface area contributed by atoms with Gasteiger partial charge in [-0.05, 0) is 18.8 Å². The Kier molecular flexibility index (Phi) is 4.42. The summed E-state index contributed by atoms with van der Waals surface area (Å²) >= 11 is 5.56. The lowest BCUT2D eigenvalue weighted by molar-refractivity contribution is 0.133. The Hall–Kier alpha value is -0.810. The Morgan fingerprint density at radius 1 is 1.44 bits per heavy atom. The van der Waals surface area contributed by atoms with E-state index in [1.165, 1.54) is 12.8 Å². The molecule has 1 N–H and O–H groups in total. The van der Waals surface area contributed by atoms with Crippen LogP contribution in [0.2, 0.25) is 0 Å². The van der Waals surface area contributed by atoms with Crippen molar-refractivity contribution in [2.24, 2.45) is 5.92 Å². The number of alkyl halides is 1. The Bertz CT molecular complexity index is 315. The van der Waals surface area contributed by atoms with Crippen molar-refractivity contribution in [1.29, 1.82) is 0 Å². The van der Waals surface area contributed by atoms with Crippen molar-refractivity contribution in [2.45, 2.75) is 19.3 Å². The van der Waals surface area contributed by atoms with Gasteiger partial charge < -0.3 is 14.5 Å². The van der Waals surface area contributed by atoms with Crippen LogP contribution >= 0.6 is 11.6 Å². The average molecular weight is 246 g/mol. The molecule has 0 atom stereocenters. The first-order valence-corrected chi connectivity index (χ1v) is 6.12. The zero-order valence-electron chi connectivity index (χ0n) is 9.12. The maximum atomic E-state index is 5.56. The fourth-order valence-electron chi connectivity index (χ4n) is 1.27. The molecule has 1 aliphatic rings. The number of hydrogen-bond acceptors (Lipinski definition) is 5. The van der Waals surface area contributed by atoms with E-state index < -0.39 is 0 Å². The van der Waals surface area contributed by atoms with Gasteiger partial charge in [-0.2, -0.15) is 0 Å². The number of anilines is 1. The number of nitrogens with one attached hydrogen (secondary N) is 1. The Morgan fingerprint density at radius 2 is 2.31 bits per heavy atom. The smallest absolute Gasteiger partial charge is 0.315 e. The monoisotopic (exact) mass is 245 g/mol. The Balaban J connectivity index is 1.56. The average Bonchev–Trinajstić information content (AvgIpc) is 2.99. The van der Waals surface area contributed by atoms with Gasteiger partial charge in [0, 0.05) is 25.5 Å². The molecule has 1 aliphatic carbocycles. The Labute approximate surface area is 99.5 Å². The van der Waals surface area contributed by atoms with Crippen LogP contribution in [-0.2, 0) is 11.2 Å². The lowest BCUT2D eigenvalue weighted by Crippen LogP contribution is -2.10. The van der Waals surface area contributed by atoms with Gasteiger partial charge in [-0.1, -0.05) is 5.10 Å². The molecule has 0 unspecified atom stereocenters. The van der Waals surface area contributed by atoms with Gasteiger partial charge in [0.05, 0.1) is 6.61 Å². The number of aromatic nitrogens is 2. The van der Waals surface area contributed by atoms with Gasteiger partial charge in [-0.25, -0.2) is 0 Å². The highest BCUT2D eigenvalue weighted by atomic mass is 35.5. The maximum absolute atomic E-state index is 5.56. The van der Waals surface area contributed by atoms with Gasteiger partial charge in [-0.3, -0.25) is 0 Å². The SMILES string of the molecule is ClCCc1nnc(NCCOCC2CC2)o1. The molecule has 5 nitrogen and oxygen atoms in total. The normalized spacial score (nSPS) is 15.3. The van der Waals surface area contributed by atoms with Gasteiger partial charge in [0.1, 0.15) is 0 Å². The minimum absolute atomic E-state index is 0.440. The predicted molar refractivity (Wildman–Crippen MR) is 60.8 cm³/mol. The third-order valence-corrected chi connectivity index (χ3v) is 2.54. The van der Waals surface area contributed by atoms with Crippen LogP contribution < -0.4 is 5.32 Å². The van der Waals surface area contributed by atoms with Gasteiger partial charge in [0.15, 0.2) is 0 Å². The van der Waals surface area contributed by atoms with E-state index in [-0.39, 0.29) is 0 Å². The zero-order chi connectivity index (χ0) is 11.2. The third kappa shape index (κ3) is 3.98. The van der Waals surface area contributed by atoms with Crippen LogP contribution in [-0.4, -0.2) is 35.8 Å². The predicted octanol–water partition coefficient (Wildman–Crippen LogP) is 1.69. The molecule has 6 heteroatoms. The van der Waals surface area contributed by atoms with E-state index in [2.05, 4.69) is 15.5 Å². The molecule has 0 amide bonds. The number of ether oxygens (including phenoxy) is 1. The summed E-state index contributed by atoms with van der Waals surface area (Å²) in [6, 6.07) is 0.440. The third-order valence-electron chi connectivity index (χ3n) is 2.35. The summed E-state index contributed by atoms with van der Waals surface area (Å²) in [5, 5.41) is 10.7. The van der Waals surface area contributed by atoms with E-state index in [0.29, 0.717) is 37.4 Å². The van der Waals surface area contributed by atoms with Gasteiger partial charge in [0.25, 0.3) is 0 Å². The van der Waals surface area contributed by atoms with Gasteiger partial charge >= 0.3 is 6.01 Å². The first-order valence-electron chi connectivity index (χ1n) is 5.58. The van der Waals surface area contributed by atoms with Crippen molar-refractivity contribution < 1.29 is 9.15 Å². The molecular formula is C10H16ClN3O2. The summed E-state index contributed by atoms with van der Waals surface area (Å²) in [5.41, 5.74) is 0. The summed E-state index contributed by atoms with van der Waals surface area (Å²) in [4.78, 5) is 0. The second-order valence-electron chi connectivity index (χ2n) is 3.89. The summed E-state index contributed by atoms with van der Waals surface area (Å²) in [5.74, 6) is 1.86. The van der Waals surface area contributed by atoms with Crippen LogP contribution in [0.4, 0.5) is 6.01 Å². The van der Waals surface area contributed by atoms with E-state index in [9.17, 15) is 0 Å². The van der Waals surface area contributed by atoms with Crippen molar-refractivity contribution in [3.05, 3.63) is 5.89 Å². The molecule has 0 bridgehead atoms. The maximum Gasteiger partial charge on any atom is 0.315 e. The standard InChI is InChI=1S/C10H16ClN3O2/c11-4-3-9-13-14-10(16-9)12-5-6-15-7-8-1-2-8/h8H,1-7H2,(H,12,14). The molecule has 16 heavy (non-hydrogen) atoms. The zero-order valence-corrected chi connectivity index (χ0v) is 9.87. The highest BCUT2D eigenvalue weighted by Gasteiger charge is 2.20. The molecule has 1 aromatic heterocycles. The highest BCUT2D eigenvalue weighted by Crippen LogP contribution is 2.28. The lowest BCUT2D eigenvalue weighted by atomic mass is 10.5. The van der Waals surface area contributed by atoms with Gasteiger partial charge in [0.2, 0.25) is 5.89 Å².